The van der Waals surface area contributed by atoms with Crippen LogP contribution in [0.15, 0.2) is 84.9 Å². The molecule has 6 nitrogen and oxygen atoms in total. The van der Waals surface area contributed by atoms with E-state index in [1.165, 1.54) is 0 Å². The zero-order valence-electron chi connectivity index (χ0n) is 15.5. The molecular weight excluding hydrogens is 392 g/mol. The molecule has 0 aromatic heterocycles. The standard InChI is InChI=1S/C15H14O3.C7H8O3S/c16-10-12-8-4-5-9-13(12)15(18)14(17)11-6-2-1-3-7-11;8-11(9,10)6-7-4-2-1-3-5-7/h1-9,14,16-17H,10H2;1-5H,6H2,(H,8,9,10). The number of Topliss-reactive ketones (excluding diaryl/α,β-unsaturated/α-hetero) is 1. The minimum Gasteiger partial charge on any atom is -0.392 e. The van der Waals surface area contributed by atoms with Crippen molar-refractivity contribution < 1.29 is 28.0 Å². The van der Waals surface area contributed by atoms with Crippen LogP contribution in [0, 0.1) is 0 Å². The fourth-order valence-electron chi connectivity index (χ4n) is 2.62. The number of hydrogen-bond donors (Lipinski definition) is 3. The maximum absolute atomic E-state index is 12.2. The highest BCUT2D eigenvalue weighted by Gasteiger charge is 2.20. The smallest absolute Gasteiger partial charge is 0.269 e. The molecule has 0 spiro atoms. The Bertz CT molecular complexity index is 1020. The summed E-state index contributed by atoms with van der Waals surface area (Å²) in [4.78, 5) is 12.2. The molecule has 29 heavy (non-hydrogen) atoms. The van der Waals surface area contributed by atoms with Gasteiger partial charge in [0.05, 0.1) is 6.61 Å². The molecule has 0 amide bonds. The Morgan fingerprint density at radius 1 is 0.828 bits per heavy atom. The second-order valence-corrected chi connectivity index (χ2v) is 7.66. The van der Waals surface area contributed by atoms with Crippen molar-refractivity contribution in [1.82, 2.24) is 0 Å². The van der Waals surface area contributed by atoms with Gasteiger partial charge in [0.15, 0.2) is 5.78 Å². The van der Waals surface area contributed by atoms with Gasteiger partial charge in [0.25, 0.3) is 10.1 Å². The minimum absolute atomic E-state index is 0.219. The molecule has 3 aromatic rings. The van der Waals surface area contributed by atoms with Gasteiger partial charge in [-0.1, -0.05) is 84.9 Å². The summed E-state index contributed by atoms with van der Waals surface area (Å²) >= 11 is 0. The predicted octanol–water partition coefficient (Wildman–Crippen LogP) is 3.17. The van der Waals surface area contributed by atoms with Crippen LogP contribution in [0.2, 0.25) is 0 Å². The fourth-order valence-corrected chi connectivity index (χ4v) is 3.23. The van der Waals surface area contributed by atoms with E-state index in [-0.39, 0.29) is 12.4 Å². The van der Waals surface area contributed by atoms with Crippen molar-refractivity contribution >= 4 is 15.9 Å². The molecule has 0 aliphatic rings. The topological polar surface area (TPSA) is 112 Å². The van der Waals surface area contributed by atoms with E-state index in [4.69, 9.17) is 4.55 Å². The van der Waals surface area contributed by atoms with E-state index in [0.717, 1.165) is 0 Å². The molecule has 0 heterocycles. The van der Waals surface area contributed by atoms with Crippen LogP contribution in [-0.2, 0) is 22.5 Å². The van der Waals surface area contributed by atoms with Crippen molar-refractivity contribution in [1.29, 1.82) is 0 Å². The first-order valence-electron chi connectivity index (χ1n) is 8.77. The summed E-state index contributed by atoms with van der Waals surface area (Å²) < 4.78 is 29.2. The molecule has 0 aliphatic heterocycles. The Hall–Kier alpha value is -2.84. The molecule has 3 rings (SSSR count). The number of benzene rings is 3. The zero-order valence-corrected chi connectivity index (χ0v) is 16.4. The van der Waals surface area contributed by atoms with Crippen LogP contribution in [0.1, 0.15) is 33.2 Å². The van der Waals surface area contributed by atoms with Crippen LogP contribution >= 0.6 is 0 Å². The molecule has 3 aromatic carbocycles. The van der Waals surface area contributed by atoms with E-state index < -0.39 is 22.0 Å². The molecule has 3 N–H and O–H groups in total. The minimum atomic E-state index is -3.88. The number of ketones is 1. The molecule has 0 bridgehead atoms. The molecular formula is C22H22O6S. The lowest BCUT2D eigenvalue weighted by atomic mass is 9.96. The van der Waals surface area contributed by atoms with Crippen molar-refractivity contribution in [3.8, 4) is 0 Å². The van der Waals surface area contributed by atoms with Gasteiger partial charge in [0.1, 0.15) is 11.9 Å². The molecule has 0 saturated heterocycles. The number of aliphatic hydroxyl groups excluding tert-OH is 2. The summed E-state index contributed by atoms with van der Waals surface area (Å²) in [5.41, 5.74) is 2.03. The van der Waals surface area contributed by atoms with Crippen LogP contribution in [0.4, 0.5) is 0 Å². The van der Waals surface area contributed by atoms with Crippen molar-refractivity contribution in [2.45, 2.75) is 18.5 Å². The quantitative estimate of drug-likeness (QED) is 0.422. The number of aliphatic hydroxyl groups is 2. The Balaban J connectivity index is 0.000000234. The second kappa shape index (κ2) is 10.6. The van der Waals surface area contributed by atoms with Crippen LogP contribution in [0.25, 0.3) is 0 Å². The average Bonchev–Trinajstić information content (AvgIpc) is 2.73. The third-order valence-electron chi connectivity index (χ3n) is 4.01. The van der Waals surface area contributed by atoms with E-state index in [2.05, 4.69) is 0 Å². The highest BCUT2D eigenvalue weighted by atomic mass is 32.2. The third kappa shape index (κ3) is 7.24. The van der Waals surface area contributed by atoms with Gasteiger partial charge in [0, 0.05) is 5.56 Å². The number of rotatable bonds is 6. The second-order valence-electron chi connectivity index (χ2n) is 6.20. The third-order valence-corrected chi connectivity index (χ3v) is 4.71. The van der Waals surface area contributed by atoms with Gasteiger partial charge in [-0.2, -0.15) is 8.42 Å². The van der Waals surface area contributed by atoms with Gasteiger partial charge < -0.3 is 10.2 Å². The molecule has 0 radical (unpaired) electrons. The molecule has 1 unspecified atom stereocenters. The lowest BCUT2D eigenvalue weighted by molar-refractivity contribution is 0.0744. The summed E-state index contributed by atoms with van der Waals surface area (Å²) in [6, 6.07) is 24.0. The average molecular weight is 414 g/mol. The summed E-state index contributed by atoms with van der Waals surface area (Å²) in [5.74, 6) is -0.709. The van der Waals surface area contributed by atoms with Gasteiger partial charge in [-0.3, -0.25) is 9.35 Å². The van der Waals surface area contributed by atoms with E-state index in [1.54, 1.807) is 78.9 Å². The Morgan fingerprint density at radius 2 is 1.34 bits per heavy atom. The van der Waals surface area contributed by atoms with E-state index in [1.807, 2.05) is 6.07 Å². The summed E-state index contributed by atoms with van der Waals surface area (Å²) in [5, 5.41) is 19.2. The lowest BCUT2D eigenvalue weighted by Crippen LogP contribution is -2.14. The van der Waals surface area contributed by atoms with Gasteiger partial charge in [0.2, 0.25) is 0 Å². The maximum Gasteiger partial charge on any atom is 0.269 e. The number of carbonyl (C=O) groups is 1. The first-order chi connectivity index (χ1) is 13.8. The van der Waals surface area contributed by atoms with Crippen molar-refractivity contribution in [3.63, 3.8) is 0 Å². The maximum atomic E-state index is 12.2. The summed E-state index contributed by atoms with van der Waals surface area (Å²) in [7, 11) is -3.88. The first-order valence-corrected chi connectivity index (χ1v) is 10.4. The molecule has 0 fully saturated rings. The molecule has 152 valence electrons. The fraction of sp³-hybridized carbons (Fsp3) is 0.136. The lowest BCUT2D eigenvalue weighted by Gasteiger charge is -2.12. The largest absolute Gasteiger partial charge is 0.392 e. The van der Waals surface area contributed by atoms with Gasteiger partial charge in [-0.25, -0.2) is 0 Å². The van der Waals surface area contributed by atoms with Crippen molar-refractivity contribution in [2.24, 2.45) is 0 Å². The SMILES string of the molecule is O=C(c1ccccc1CO)C(O)c1ccccc1.O=S(=O)(O)Cc1ccccc1. The molecule has 0 saturated carbocycles. The van der Waals surface area contributed by atoms with Crippen molar-refractivity contribution in [2.75, 3.05) is 0 Å². The predicted molar refractivity (Wildman–Crippen MR) is 110 cm³/mol. The van der Waals surface area contributed by atoms with Crippen LogP contribution in [-0.4, -0.2) is 29.0 Å². The Kier molecular flexibility index (Phi) is 8.23. The van der Waals surface area contributed by atoms with E-state index in [0.29, 0.717) is 22.3 Å². The van der Waals surface area contributed by atoms with Gasteiger partial charge in [-0.15, -0.1) is 0 Å². The van der Waals surface area contributed by atoms with Crippen LogP contribution < -0.4 is 0 Å². The monoisotopic (exact) mass is 414 g/mol. The normalized spacial score (nSPS) is 11.8. The highest BCUT2D eigenvalue weighted by molar-refractivity contribution is 7.85. The summed E-state index contributed by atoms with van der Waals surface area (Å²) in [6.45, 7) is -0.219. The Morgan fingerprint density at radius 3 is 1.90 bits per heavy atom. The van der Waals surface area contributed by atoms with Gasteiger partial charge >= 0.3 is 0 Å². The van der Waals surface area contributed by atoms with Crippen molar-refractivity contribution in [3.05, 3.63) is 107 Å². The van der Waals surface area contributed by atoms with E-state index in [9.17, 15) is 23.4 Å². The number of carbonyl (C=O) groups excluding carboxylic acids is 1. The number of hydrogen-bond acceptors (Lipinski definition) is 5. The molecule has 7 heteroatoms. The highest BCUT2D eigenvalue weighted by Crippen LogP contribution is 2.20. The Labute approximate surface area is 169 Å². The van der Waals surface area contributed by atoms with Crippen LogP contribution in [0.3, 0.4) is 0 Å². The summed E-state index contributed by atoms with van der Waals surface area (Å²) in [6.07, 6.45) is -1.20. The van der Waals surface area contributed by atoms with Crippen LogP contribution in [0.5, 0.6) is 0 Å². The van der Waals surface area contributed by atoms with E-state index >= 15 is 0 Å². The first kappa shape index (κ1) is 22.4. The zero-order chi connectivity index (χ0) is 21.3. The van der Waals surface area contributed by atoms with Gasteiger partial charge in [-0.05, 0) is 16.7 Å². The molecule has 0 aliphatic carbocycles. The molecule has 1 atom stereocenters.